The van der Waals surface area contributed by atoms with E-state index in [1.54, 1.807) is 11.3 Å². The van der Waals surface area contributed by atoms with E-state index in [1.165, 1.54) is 5.56 Å². The van der Waals surface area contributed by atoms with Crippen LogP contribution in [0.2, 0.25) is 0 Å². The molecule has 102 valence electrons. The van der Waals surface area contributed by atoms with Crippen LogP contribution in [0.15, 0.2) is 42.0 Å². The van der Waals surface area contributed by atoms with E-state index < -0.39 is 0 Å². The summed E-state index contributed by atoms with van der Waals surface area (Å²) in [6.45, 7) is 0. The van der Waals surface area contributed by atoms with Crippen LogP contribution in [-0.4, -0.2) is 14.5 Å². The van der Waals surface area contributed by atoms with Crippen molar-refractivity contribution in [1.29, 1.82) is 0 Å². The van der Waals surface area contributed by atoms with Gasteiger partial charge in [-0.25, -0.2) is 4.98 Å². The smallest absolute Gasteiger partial charge is 0.193 e. The van der Waals surface area contributed by atoms with E-state index in [0.29, 0.717) is 0 Å². The first-order valence-corrected chi connectivity index (χ1v) is 7.86. The lowest BCUT2D eigenvalue weighted by Gasteiger charge is -2.29. The Hall–Kier alpha value is -1.65. The van der Waals surface area contributed by atoms with Gasteiger partial charge in [0.1, 0.15) is 0 Å². The number of thiazole rings is 1. The quantitative estimate of drug-likeness (QED) is 0.784. The molecule has 20 heavy (non-hydrogen) atoms. The van der Waals surface area contributed by atoms with Crippen molar-refractivity contribution < 1.29 is 5.11 Å². The minimum absolute atomic E-state index is 0.273. The molecule has 0 saturated carbocycles. The molecular formula is C16H16N2OS. The van der Waals surface area contributed by atoms with E-state index in [2.05, 4.69) is 33.8 Å². The van der Waals surface area contributed by atoms with Crippen molar-refractivity contribution in [3.63, 3.8) is 0 Å². The molecule has 0 radical (unpaired) electrons. The average molecular weight is 284 g/mol. The van der Waals surface area contributed by atoms with Crippen molar-refractivity contribution in [1.82, 2.24) is 9.38 Å². The van der Waals surface area contributed by atoms with E-state index in [-0.39, 0.29) is 12.0 Å². The fraction of sp³-hybridized carbons (Fsp3) is 0.312. The Morgan fingerprint density at radius 2 is 2.25 bits per heavy atom. The summed E-state index contributed by atoms with van der Waals surface area (Å²) < 4.78 is 2.06. The maximum Gasteiger partial charge on any atom is 0.193 e. The summed E-state index contributed by atoms with van der Waals surface area (Å²) in [6, 6.07) is 8.24. The molecule has 2 unspecified atom stereocenters. The van der Waals surface area contributed by atoms with Gasteiger partial charge in [-0.15, -0.1) is 11.3 Å². The van der Waals surface area contributed by atoms with Crippen LogP contribution in [0.3, 0.4) is 0 Å². The second-order valence-corrected chi connectivity index (χ2v) is 6.34. The van der Waals surface area contributed by atoms with Crippen LogP contribution in [0.5, 0.6) is 0 Å². The molecule has 2 aromatic heterocycles. The third kappa shape index (κ3) is 1.96. The number of imidazole rings is 1. The number of fused-ring (bicyclic) bond motifs is 2. The highest BCUT2D eigenvalue weighted by Crippen LogP contribution is 2.36. The number of nitrogens with zero attached hydrogens (tertiary/aromatic N) is 2. The first-order valence-electron chi connectivity index (χ1n) is 6.98. The number of aromatic nitrogens is 2. The van der Waals surface area contributed by atoms with Crippen molar-refractivity contribution in [3.8, 4) is 0 Å². The first-order chi connectivity index (χ1) is 9.81. The molecule has 4 heteroatoms. The molecule has 0 saturated heterocycles. The molecule has 3 aromatic rings. The van der Waals surface area contributed by atoms with Gasteiger partial charge in [-0.05, 0) is 36.3 Å². The normalized spacial score (nSPS) is 22.1. The van der Waals surface area contributed by atoms with Gasteiger partial charge in [0.05, 0.1) is 11.8 Å². The highest BCUT2D eigenvalue weighted by Gasteiger charge is 2.28. The molecule has 0 fully saturated rings. The standard InChI is InChI=1S/C16H16N2OS/c19-15-12(6-5-11-3-1-2-4-14(11)15)9-13-10-18-7-8-20-16(18)17-13/h1-4,7-8,10,12,15,19H,5-6,9H2. The molecule has 4 rings (SSSR count). The summed E-state index contributed by atoms with van der Waals surface area (Å²) in [5.41, 5.74) is 3.48. The van der Waals surface area contributed by atoms with Crippen LogP contribution in [0.25, 0.3) is 4.96 Å². The lowest BCUT2D eigenvalue weighted by Crippen LogP contribution is -2.22. The molecular weight excluding hydrogens is 268 g/mol. The van der Waals surface area contributed by atoms with Crippen molar-refractivity contribution in [2.45, 2.75) is 25.4 Å². The highest BCUT2D eigenvalue weighted by molar-refractivity contribution is 7.15. The van der Waals surface area contributed by atoms with E-state index in [9.17, 15) is 5.11 Å². The zero-order chi connectivity index (χ0) is 13.5. The fourth-order valence-corrected chi connectivity index (χ4v) is 3.88. The summed E-state index contributed by atoms with van der Waals surface area (Å²) in [4.78, 5) is 5.66. The van der Waals surface area contributed by atoms with Gasteiger partial charge in [-0.3, -0.25) is 4.40 Å². The second kappa shape index (κ2) is 4.72. The number of rotatable bonds is 2. The Labute approximate surface area is 121 Å². The van der Waals surface area contributed by atoms with Crippen LogP contribution in [-0.2, 0) is 12.8 Å². The summed E-state index contributed by atoms with van der Waals surface area (Å²) in [7, 11) is 0. The Balaban J connectivity index is 1.59. The number of hydrogen-bond acceptors (Lipinski definition) is 3. The van der Waals surface area contributed by atoms with Gasteiger partial charge in [0.15, 0.2) is 4.96 Å². The Kier molecular flexibility index (Phi) is 2.86. The lowest BCUT2D eigenvalue weighted by molar-refractivity contribution is 0.0932. The number of aliphatic hydroxyl groups is 1. The highest BCUT2D eigenvalue weighted by atomic mass is 32.1. The van der Waals surface area contributed by atoms with Gasteiger partial charge in [-0.1, -0.05) is 24.3 Å². The fourth-order valence-electron chi connectivity index (χ4n) is 3.16. The molecule has 0 aliphatic heterocycles. The Morgan fingerprint density at radius 3 is 3.15 bits per heavy atom. The molecule has 1 aliphatic rings. The van der Waals surface area contributed by atoms with E-state index in [1.807, 2.05) is 17.6 Å². The van der Waals surface area contributed by atoms with Crippen molar-refractivity contribution >= 4 is 16.3 Å². The van der Waals surface area contributed by atoms with Gasteiger partial charge in [0.25, 0.3) is 0 Å². The van der Waals surface area contributed by atoms with Gasteiger partial charge >= 0.3 is 0 Å². The summed E-state index contributed by atoms with van der Waals surface area (Å²) in [6.07, 6.45) is 6.69. The van der Waals surface area contributed by atoms with Crippen molar-refractivity contribution in [2.24, 2.45) is 5.92 Å². The lowest BCUT2D eigenvalue weighted by atomic mass is 9.79. The van der Waals surface area contributed by atoms with Crippen LogP contribution in [0, 0.1) is 5.92 Å². The third-order valence-corrected chi connectivity index (χ3v) is 4.99. The van der Waals surface area contributed by atoms with E-state index in [0.717, 1.165) is 35.5 Å². The van der Waals surface area contributed by atoms with Gasteiger partial charge in [-0.2, -0.15) is 0 Å². The number of benzene rings is 1. The van der Waals surface area contributed by atoms with E-state index >= 15 is 0 Å². The van der Waals surface area contributed by atoms with Crippen LogP contribution < -0.4 is 0 Å². The first kappa shape index (κ1) is 12.1. The van der Waals surface area contributed by atoms with Crippen LogP contribution in [0.4, 0.5) is 0 Å². The number of hydrogen-bond donors (Lipinski definition) is 1. The summed E-state index contributed by atoms with van der Waals surface area (Å²) in [5.74, 6) is 0.273. The largest absolute Gasteiger partial charge is 0.388 e. The van der Waals surface area contributed by atoms with Gasteiger partial charge in [0.2, 0.25) is 0 Å². The predicted molar refractivity (Wildman–Crippen MR) is 80.0 cm³/mol. The van der Waals surface area contributed by atoms with Crippen LogP contribution in [0.1, 0.15) is 29.3 Å². The maximum atomic E-state index is 10.6. The summed E-state index contributed by atoms with van der Waals surface area (Å²) in [5, 5.41) is 12.6. The minimum Gasteiger partial charge on any atom is -0.388 e. The van der Waals surface area contributed by atoms with Crippen LogP contribution >= 0.6 is 11.3 Å². The molecule has 1 aliphatic carbocycles. The van der Waals surface area contributed by atoms with Crippen molar-refractivity contribution in [3.05, 3.63) is 58.9 Å². The third-order valence-electron chi connectivity index (χ3n) is 4.22. The molecule has 0 bridgehead atoms. The Morgan fingerprint density at radius 1 is 1.35 bits per heavy atom. The average Bonchev–Trinajstić information content (AvgIpc) is 3.03. The zero-order valence-electron chi connectivity index (χ0n) is 11.1. The van der Waals surface area contributed by atoms with E-state index in [4.69, 9.17) is 0 Å². The predicted octanol–water partition coefficient (Wildman–Crippen LogP) is 3.23. The molecule has 2 heterocycles. The topological polar surface area (TPSA) is 37.5 Å². The monoisotopic (exact) mass is 284 g/mol. The number of aryl methyl sites for hydroxylation is 1. The Bertz CT molecular complexity index is 717. The summed E-state index contributed by atoms with van der Waals surface area (Å²) >= 11 is 1.65. The molecule has 0 spiro atoms. The maximum absolute atomic E-state index is 10.6. The molecule has 2 atom stereocenters. The molecule has 1 aromatic carbocycles. The SMILES string of the molecule is OC1c2ccccc2CCC1Cc1cn2ccsc2n1. The molecule has 3 nitrogen and oxygen atoms in total. The zero-order valence-corrected chi connectivity index (χ0v) is 11.9. The molecule has 1 N–H and O–H groups in total. The molecule has 0 amide bonds. The van der Waals surface area contributed by atoms with Gasteiger partial charge in [0, 0.05) is 17.8 Å². The second-order valence-electron chi connectivity index (χ2n) is 5.47. The van der Waals surface area contributed by atoms with Gasteiger partial charge < -0.3 is 5.11 Å². The number of aliphatic hydroxyl groups excluding tert-OH is 1. The minimum atomic E-state index is -0.361. The van der Waals surface area contributed by atoms with Crippen molar-refractivity contribution in [2.75, 3.05) is 0 Å².